The first-order chi connectivity index (χ1) is 9.08. The molecular weight excluding hydrogens is 253 g/mol. The number of pyridine rings is 1. The summed E-state index contributed by atoms with van der Waals surface area (Å²) in [6.07, 6.45) is 2.32. The minimum atomic E-state index is -0.655. The Morgan fingerprint density at radius 1 is 1.26 bits per heavy atom. The smallest absolute Gasteiger partial charge is 0.269 e. The van der Waals surface area contributed by atoms with Gasteiger partial charge >= 0.3 is 0 Å². The van der Waals surface area contributed by atoms with Crippen LogP contribution in [0.3, 0.4) is 0 Å². The third kappa shape index (κ3) is 2.89. The Labute approximate surface area is 107 Å². The lowest BCUT2D eigenvalue weighted by atomic mass is 10.2. The number of anilines is 1. The van der Waals surface area contributed by atoms with Crippen molar-refractivity contribution in [1.29, 1.82) is 0 Å². The number of nitro groups is 1. The van der Waals surface area contributed by atoms with Crippen molar-refractivity contribution in [2.45, 2.75) is 0 Å². The molecule has 0 aliphatic rings. The molecule has 1 aromatic carbocycles. The molecule has 2 rings (SSSR count). The number of aromatic nitrogens is 1. The van der Waals surface area contributed by atoms with Gasteiger partial charge in [0.15, 0.2) is 5.82 Å². The summed E-state index contributed by atoms with van der Waals surface area (Å²) in [6, 6.07) is 6.33. The van der Waals surface area contributed by atoms with Crippen molar-refractivity contribution >= 4 is 17.3 Å². The van der Waals surface area contributed by atoms with Crippen LogP contribution in [0.2, 0.25) is 0 Å². The molecule has 96 valence electrons. The van der Waals surface area contributed by atoms with E-state index in [1.165, 1.54) is 36.5 Å². The van der Waals surface area contributed by atoms with Gasteiger partial charge in [0.1, 0.15) is 0 Å². The highest BCUT2D eigenvalue weighted by atomic mass is 19.1. The molecule has 6 nitrogen and oxygen atoms in total. The van der Waals surface area contributed by atoms with E-state index in [-0.39, 0.29) is 16.9 Å². The molecule has 0 spiro atoms. The fourth-order valence-electron chi connectivity index (χ4n) is 1.41. The van der Waals surface area contributed by atoms with Gasteiger partial charge in [-0.2, -0.15) is 0 Å². The summed E-state index contributed by atoms with van der Waals surface area (Å²) in [4.78, 5) is 25.2. The summed E-state index contributed by atoms with van der Waals surface area (Å²) in [6.45, 7) is 0. The molecule has 0 atom stereocenters. The fourth-order valence-corrected chi connectivity index (χ4v) is 1.41. The Morgan fingerprint density at radius 3 is 2.53 bits per heavy atom. The monoisotopic (exact) mass is 261 g/mol. The van der Waals surface area contributed by atoms with Crippen LogP contribution in [-0.4, -0.2) is 15.8 Å². The molecule has 19 heavy (non-hydrogen) atoms. The number of benzene rings is 1. The van der Waals surface area contributed by atoms with Crippen molar-refractivity contribution in [2.24, 2.45) is 0 Å². The van der Waals surface area contributed by atoms with Gasteiger partial charge < -0.3 is 5.32 Å². The van der Waals surface area contributed by atoms with Gasteiger partial charge in [-0.25, -0.2) is 4.39 Å². The molecular formula is C12H8FN3O3. The Hall–Kier alpha value is -2.83. The van der Waals surface area contributed by atoms with Crippen LogP contribution in [0.25, 0.3) is 0 Å². The number of rotatable bonds is 3. The molecule has 0 saturated heterocycles. The van der Waals surface area contributed by atoms with Gasteiger partial charge in [-0.05, 0) is 18.2 Å². The van der Waals surface area contributed by atoms with Crippen LogP contribution in [0.15, 0.2) is 42.7 Å². The second-order valence-electron chi connectivity index (χ2n) is 3.61. The Kier molecular flexibility index (Phi) is 3.46. The largest absolute Gasteiger partial charge is 0.319 e. The molecule has 1 aromatic heterocycles. The zero-order valence-corrected chi connectivity index (χ0v) is 9.54. The van der Waals surface area contributed by atoms with E-state index in [4.69, 9.17) is 0 Å². The molecule has 0 radical (unpaired) electrons. The Bertz CT molecular complexity index is 628. The molecule has 0 saturated carbocycles. The summed E-state index contributed by atoms with van der Waals surface area (Å²) in [5.74, 6) is -1.21. The number of non-ortho nitro benzene ring substituents is 1. The van der Waals surface area contributed by atoms with Crippen molar-refractivity contribution in [1.82, 2.24) is 4.98 Å². The van der Waals surface area contributed by atoms with Gasteiger partial charge in [-0.1, -0.05) is 0 Å². The number of halogens is 1. The SMILES string of the molecule is O=C(Nc1ccncc1F)c1ccc([N+](=O)[O-])cc1. The molecule has 2 aromatic rings. The van der Waals surface area contributed by atoms with E-state index in [0.717, 1.165) is 6.20 Å². The van der Waals surface area contributed by atoms with E-state index in [0.29, 0.717) is 0 Å². The number of carbonyl (C=O) groups is 1. The number of nitro benzene ring substituents is 1. The Morgan fingerprint density at radius 2 is 1.95 bits per heavy atom. The summed E-state index contributed by atoms with van der Waals surface area (Å²) in [7, 11) is 0. The van der Waals surface area contributed by atoms with Crippen molar-refractivity contribution in [2.75, 3.05) is 5.32 Å². The quantitative estimate of drug-likeness (QED) is 0.679. The Balaban J connectivity index is 2.16. The molecule has 0 unspecified atom stereocenters. The third-order valence-electron chi connectivity index (χ3n) is 2.36. The molecule has 0 fully saturated rings. The number of hydrogen-bond donors (Lipinski definition) is 1. The van der Waals surface area contributed by atoms with Crippen LogP contribution < -0.4 is 5.32 Å². The highest BCUT2D eigenvalue weighted by Gasteiger charge is 2.11. The third-order valence-corrected chi connectivity index (χ3v) is 2.36. The number of nitrogens with one attached hydrogen (secondary N) is 1. The molecule has 0 aliphatic carbocycles. The molecule has 0 aliphatic heterocycles. The van der Waals surface area contributed by atoms with Crippen LogP contribution in [0, 0.1) is 15.9 Å². The standard InChI is InChI=1S/C12H8FN3O3/c13-10-7-14-6-5-11(10)15-12(17)8-1-3-9(4-2-8)16(18)19/h1-7H,(H,14,15,17). The summed E-state index contributed by atoms with van der Waals surface area (Å²) < 4.78 is 13.3. The van der Waals surface area contributed by atoms with E-state index in [1.54, 1.807) is 0 Å². The lowest BCUT2D eigenvalue weighted by Crippen LogP contribution is -2.13. The average Bonchev–Trinajstić information content (AvgIpc) is 2.41. The predicted octanol–water partition coefficient (Wildman–Crippen LogP) is 2.38. The van der Waals surface area contributed by atoms with E-state index in [1.807, 2.05) is 0 Å². The first-order valence-electron chi connectivity index (χ1n) is 5.23. The number of hydrogen-bond acceptors (Lipinski definition) is 4. The van der Waals surface area contributed by atoms with Gasteiger partial charge in [-0.3, -0.25) is 19.9 Å². The van der Waals surface area contributed by atoms with E-state index >= 15 is 0 Å². The second-order valence-corrected chi connectivity index (χ2v) is 3.61. The van der Waals surface area contributed by atoms with Gasteiger partial charge in [0.25, 0.3) is 11.6 Å². The predicted molar refractivity (Wildman–Crippen MR) is 65.2 cm³/mol. The minimum Gasteiger partial charge on any atom is -0.319 e. The lowest BCUT2D eigenvalue weighted by molar-refractivity contribution is -0.384. The zero-order valence-electron chi connectivity index (χ0n) is 9.54. The highest BCUT2D eigenvalue weighted by molar-refractivity contribution is 6.04. The summed E-state index contributed by atoms with van der Waals surface area (Å²) in [5, 5.41) is 12.8. The molecule has 7 heteroatoms. The zero-order chi connectivity index (χ0) is 13.8. The highest BCUT2D eigenvalue weighted by Crippen LogP contribution is 2.15. The van der Waals surface area contributed by atoms with Crippen LogP contribution >= 0.6 is 0 Å². The van der Waals surface area contributed by atoms with Crippen LogP contribution in [-0.2, 0) is 0 Å². The van der Waals surface area contributed by atoms with Crippen LogP contribution in [0.1, 0.15) is 10.4 Å². The number of nitrogens with zero attached hydrogens (tertiary/aromatic N) is 2. The topological polar surface area (TPSA) is 85.1 Å². The summed E-state index contributed by atoms with van der Waals surface area (Å²) in [5.41, 5.74) is 0.0757. The minimum absolute atomic E-state index is 0.00153. The lowest BCUT2D eigenvalue weighted by Gasteiger charge is -2.05. The molecule has 1 N–H and O–H groups in total. The van der Waals surface area contributed by atoms with E-state index in [9.17, 15) is 19.3 Å². The van der Waals surface area contributed by atoms with Crippen molar-refractivity contribution in [3.8, 4) is 0 Å². The number of carbonyl (C=O) groups excluding carboxylic acids is 1. The van der Waals surface area contributed by atoms with Crippen LogP contribution in [0.5, 0.6) is 0 Å². The maximum atomic E-state index is 13.3. The van der Waals surface area contributed by atoms with E-state index in [2.05, 4.69) is 10.3 Å². The summed E-state index contributed by atoms with van der Waals surface area (Å²) >= 11 is 0. The van der Waals surface area contributed by atoms with Crippen LogP contribution in [0.4, 0.5) is 15.8 Å². The fraction of sp³-hybridized carbons (Fsp3) is 0. The normalized spacial score (nSPS) is 9.95. The van der Waals surface area contributed by atoms with Gasteiger partial charge in [-0.15, -0.1) is 0 Å². The van der Waals surface area contributed by atoms with Crippen molar-refractivity contribution < 1.29 is 14.1 Å². The first-order valence-corrected chi connectivity index (χ1v) is 5.23. The first kappa shape index (κ1) is 12.6. The second kappa shape index (κ2) is 5.21. The van der Waals surface area contributed by atoms with Gasteiger partial charge in [0, 0.05) is 23.9 Å². The maximum absolute atomic E-state index is 13.3. The molecule has 0 bridgehead atoms. The average molecular weight is 261 g/mol. The van der Waals surface area contributed by atoms with Gasteiger partial charge in [0.05, 0.1) is 16.8 Å². The van der Waals surface area contributed by atoms with E-state index < -0.39 is 16.6 Å². The van der Waals surface area contributed by atoms with Crippen molar-refractivity contribution in [3.05, 3.63) is 64.2 Å². The molecule has 1 heterocycles. The molecule has 1 amide bonds. The van der Waals surface area contributed by atoms with Crippen molar-refractivity contribution in [3.63, 3.8) is 0 Å². The number of amides is 1. The van der Waals surface area contributed by atoms with Gasteiger partial charge in [0.2, 0.25) is 0 Å². The maximum Gasteiger partial charge on any atom is 0.269 e.